The van der Waals surface area contributed by atoms with E-state index < -0.39 is 11.9 Å². The van der Waals surface area contributed by atoms with E-state index in [1.807, 2.05) is 29.2 Å². The highest BCUT2D eigenvalue weighted by molar-refractivity contribution is 5.76. The van der Waals surface area contributed by atoms with Crippen LogP contribution < -0.4 is 4.74 Å². The number of piperidine rings is 1. The number of benzene rings is 1. The number of ether oxygens (including phenoxy) is 2. The van der Waals surface area contributed by atoms with E-state index in [4.69, 9.17) is 9.47 Å². The quantitative estimate of drug-likeness (QED) is 0.842. The van der Waals surface area contributed by atoms with Gasteiger partial charge in [0.1, 0.15) is 5.75 Å². The number of carbonyl (C=O) groups excluding carboxylic acids is 1. The second-order valence-electron chi connectivity index (χ2n) is 7.10. The number of hydrogen-bond acceptors (Lipinski definition) is 4. The highest BCUT2D eigenvalue weighted by atomic mass is 16.5. The van der Waals surface area contributed by atoms with Gasteiger partial charge in [-0.3, -0.25) is 9.59 Å². The number of methoxy groups -OCH3 is 1. The number of carboxylic acid groups (broad SMARTS) is 1. The highest BCUT2D eigenvalue weighted by Gasteiger charge is 2.40. The summed E-state index contributed by atoms with van der Waals surface area (Å²) in [6.45, 7) is 1.89. The highest BCUT2D eigenvalue weighted by Crippen LogP contribution is 2.33. The Kier molecular flexibility index (Phi) is 6.14. The molecule has 6 nitrogen and oxygen atoms in total. The van der Waals surface area contributed by atoms with E-state index in [2.05, 4.69) is 0 Å². The van der Waals surface area contributed by atoms with Gasteiger partial charge in [-0.2, -0.15) is 0 Å². The van der Waals surface area contributed by atoms with Gasteiger partial charge in [0.25, 0.3) is 0 Å². The lowest BCUT2D eigenvalue weighted by molar-refractivity contribution is -0.146. The predicted molar refractivity (Wildman–Crippen MR) is 96.1 cm³/mol. The number of likely N-dealkylation sites (tertiary alicyclic amines) is 1. The van der Waals surface area contributed by atoms with Gasteiger partial charge in [0, 0.05) is 26.1 Å². The molecule has 2 atom stereocenters. The largest absolute Gasteiger partial charge is 0.496 e. The molecule has 0 saturated carbocycles. The molecule has 2 fully saturated rings. The van der Waals surface area contributed by atoms with E-state index in [1.54, 1.807) is 7.11 Å². The third kappa shape index (κ3) is 4.18. The Balaban J connectivity index is 1.48. The van der Waals surface area contributed by atoms with Crippen LogP contribution in [-0.2, 0) is 20.7 Å². The van der Waals surface area contributed by atoms with E-state index in [-0.39, 0.29) is 17.9 Å². The number of rotatable bonds is 6. The van der Waals surface area contributed by atoms with Crippen LogP contribution >= 0.6 is 0 Å². The number of aliphatic carboxylic acids is 1. The molecule has 0 bridgehead atoms. The van der Waals surface area contributed by atoms with E-state index >= 15 is 0 Å². The molecular weight excluding hydrogens is 334 g/mol. The molecule has 6 heteroatoms. The fourth-order valence-electron chi connectivity index (χ4n) is 4.13. The second kappa shape index (κ2) is 8.54. The lowest BCUT2D eigenvalue weighted by Crippen LogP contribution is -2.43. The minimum Gasteiger partial charge on any atom is -0.496 e. The molecule has 2 heterocycles. The first-order chi connectivity index (χ1) is 12.6. The van der Waals surface area contributed by atoms with Crippen molar-refractivity contribution in [2.24, 2.45) is 11.8 Å². The molecule has 142 valence electrons. The van der Waals surface area contributed by atoms with E-state index in [0.717, 1.165) is 24.2 Å². The molecule has 26 heavy (non-hydrogen) atoms. The number of carbonyl (C=O) groups is 2. The van der Waals surface area contributed by atoms with Crippen LogP contribution in [0.5, 0.6) is 5.75 Å². The average molecular weight is 361 g/mol. The zero-order valence-electron chi connectivity index (χ0n) is 15.2. The first kappa shape index (κ1) is 18.7. The van der Waals surface area contributed by atoms with E-state index in [0.29, 0.717) is 39.0 Å². The zero-order chi connectivity index (χ0) is 18.5. The van der Waals surface area contributed by atoms with Crippen molar-refractivity contribution in [1.29, 1.82) is 0 Å². The topological polar surface area (TPSA) is 76.1 Å². The van der Waals surface area contributed by atoms with Crippen molar-refractivity contribution in [1.82, 2.24) is 4.90 Å². The minimum atomic E-state index is -0.761. The molecule has 0 aliphatic carbocycles. The van der Waals surface area contributed by atoms with Crippen LogP contribution in [0.4, 0.5) is 0 Å². The van der Waals surface area contributed by atoms with Crippen molar-refractivity contribution in [2.75, 3.05) is 26.8 Å². The maximum atomic E-state index is 12.5. The lowest BCUT2D eigenvalue weighted by atomic mass is 9.84. The van der Waals surface area contributed by atoms with Crippen molar-refractivity contribution in [3.05, 3.63) is 29.8 Å². The van der Waals surface area contributed by atoms with Gasteiger partial charge in [0.05, 0.1) is 19.1 Å². The molecule has 2 aliphatic rings. The summed E-state index contributed by atoms with van der Waals surface area (Å²) in [4.78, 5) is 25.8. The van der Waals surface area contributed by atoms with Crippen molar-refractivity contribution >= 4 is 11.9 Å². The molecule has 1 aromatic rings. The third-order valence-corrected chi connectivity index (χ3v) is 5.61. The van der Waals surface area contributed by atoms with E-state index in [1.165, 1.54) is 0 Å². The van der Waals surface area contributed by atoms with E-state index in [9.17, 15) is 14.7 Å². The maximum Gasteiger partial charge on any atom is 0.309 e. The molecule has 1 N–H and O–H groups in total. The summed E-state index contributed by atoms with van der Waals surface area (Å²) < 4.78 is 11.0. The molecule has 2 saturated heterocycles. The molecule has 1 aromatic carbocycles. The van der Waals surface area contributed by atoms with Crippen LogP contribution in [0.25, 0.3) is 0 Å². The third-order valence-electron chi connectivity index (χ3n) is 5.61. The molecule has 0 spiro atoms. The molecule has 0 aromatic heterocycles. The number of hydrogen-bond donors (Lipinski definition) is 1. The molecule has 3 rings (SSSR count). The molecule has 0 radical (unpaired) electrons. The normalized spacial score (nSPS) is 23.8. The molecule has 1 unspecified atom stereocenters. The molecular formula is C20H27NO5. The van der Waals surface area contributed by atoms with Gasteiger partial charge in [-0.05, 0) is 43.2 Å². The lowest BCUT2D eigenvalue weighted by Gasteiger charge is -2.35. The van der Waals surface area contributed by atoms with Crippen LogP contribution in [0.2, 0.25) is 0 Å². The monoisotopic (exact) mass is 361 g/mol. The van der Waals surface area contributed by atoms with Gasteiger partial charge in [-0.15, -0.1) is 0 Å². The SMILES string of the molecule is COc1ccccc1CCC(=O)N1CCC([C@@H]2OCCC2C(=O)O)CC1. The number of para-hydroxylation sites is 1. The minimum absolute atomic E-state index is 0.150. The summed E-state index contributed by atoms with van der Waals surface area (Å²) in [7, 11) is 1.64. The standard InChI is InChI=1S/C20H27NO5/c1-25-17-5-3-2-4-14(17)6-7-18(22)21-11-8-15(9-12-21)19-16(20(23)24)10-13-26-19/h2-5,15-16,19H,6-13H2,1H3,(H,23,24)/t16?,19-/m0/s1. The van der Waals surface area contributed by atoms with Crippen molar-refractivity contribution in [3.63, 3.8) is 0 Å². The molecule has 2 aliphatic heterocycles. The van der Waals surface area contributed by atoms with Crippen molar-refractivity contribution < 1.29 is 24.2 Å². The smallest absolute Gasteiger partial charge is 0.309 e. The maximum absolute atomic E-state index is 12.5. The Morgan fingerprint density at radius 1 is 1.23 bits per heavy atom. The van der Waals surface area contributed by atoms with Crippen LogP contribution in [0.15, 0.2) is 24.3 Å². The number of nitrogens with zero attached hydrogens (tertiary/aromatic N) is 1. The Morgan fingerprint density at radius 2 is 1.96 bits per heavy atom. The van der Waals surface area contributed by atoms with Gasteiger partial charge in [0.2, 0.25) is 5.91 Å². The Morgan fingerprint density at radius 3 is 2.65 bits per heavy atom. The zero-order valence-corrected chi connectivity index (χ0v) is 15.2. The van der Waals surface area contributed by atoms with Crippen LogP contribution in [-0.4, -0.2) is 54.8 Å². The summed E-state index contributed by atoms with van der Waals surface area (Å²) in [6.07, 6.45) is 3.15. The fraction of sp³-hybridized carbons (Fsp3) is 0.600. The molecule has 1 amide bonds. The van der Waals surface area contributed by atoms with Crippen LogP contribution in [0, 0.1) is 11.8 Å². The van der Waals surface area contributed by atoms with Gasteiger partial charge in [-0.25, -0.2) is 0 Å². The second-order valence-corrected chi connectivity index (χ2v) is 7.10. The summed E-state index contributed by atoms with van der Waals surface area (Å²) >= 11 is 0. The van der Waals surface area contributed by atoms with Crippen molar-refractivity contribution in [3.8, 4) is 5.75 Å². The summed E-state index contributed by atoms with van der Waals surface area (Å²) in [5.41, 5.74) is 1.04. The van der Waals surface area contributed by atoms with Gasteiger partial charge >= 0.3 is 5.97 Å². The number of amides is 1. The van der Waals surface area contributed by atoms with Crippen molar-refractivity contribution in [2.45, 2.75) is 38.2 Å². The Labute approximate surface area is 154 Å². The van der Waals surface area contributed by atoms with Gasteiger partial charge in [-0.1, -0.05) is 18.2 Å². The summed E-state index contributed by atoms with van der Waals surface area (Å²) in [5.74, 6) is 0.0427. The van der Waals surface area contributed by atoms with Gasteiger partial charge in [0.15, 0.2) is 0 Å². The van der Waals surface area contributed by atoms with Crippen LogP contribution in [0.1, 0.15) is 31.2 Å². The number of aryl methyl sites for hydroxylation is 1. The summed E-state index contributed by atoms with van der Waals surface area (Å²) in [6, 6.07) is 7.77. The fourth-order valence-corrected chi connectivity index (χ4v) is 4.13. The predicted octanol–water partition coefficient (Wildman–Crippen LogP) is 2.36. The Hall–Kier alpha value is -2.08. The first-order valence-electron chi connectivity index (χ1n) is 9.34. The average Bonchev–Trinajstić information content (AvgIpc) is 3.16. The Bertz CT molecular complexity index is 639. The van der Waals surface area contributed by atoms with Crippen LogP contribution in [0.3, 0.4) is 0 Å². The summed E-state index contributed by atoms with van der Waals surface area (Å²) in [5, 5.41) is 9.32. The first-order valence-corrected chi connectivity index (χ1v) is 9.34. The number of carboxylic acids is 1. The van der Waals surface area contributed by atoms with Gasteiger partial charge < -0.3 is 19.5 Å².